The lowest BCUT2D eigenvalue weighted by Crippen LogP contribution is -2.04. The van der Waals surface area contributed by atoms with Gasteiger partial charge in [0.1, 0.15) is 10.6 Å². The number of carbonyl (C=O) groups excluding carboxylic acids is 1. The molecule has 1 aliphatic rings. The Balaban J connectivity index is 1.77. The Kier molecular flexibility index (Phi) is 4.03. The molecule has 0 saturated heterocycles. The van der Waals surface area contributed by atoms with Gasteiger partial charge in [-0.3, -0.25) is 0 Å². The molecule has 0 radical (unpaired) electrons. The number of methoxy groups -OCH3 is 1. The van der Waals surface area contributed by atoms with Gasteiger partial charge in [-0.25, -0.2) is 9.79 Å². The fourth-order valence-corrected chi connectivity index (χ4v) is 4.03. The second-order valence-corrected chi connectivity index (χ2v) is 6.75. The number of esters is 1. The second-order valence-electron chi connectivity index (χ2n) is 5.32. The average molecular weight is 370 g/mol. The first kappa shape index (κ1) is 15.9. The summed E-state index contributed by atoms with van der Waals surface area (Å²) in [6.45, 7) is 0. The van der Waals surface area contributed by atoms with Crippen LogP contribution in [-0.2, 0) is 9.53 Å². The minimum Gasteiger partial charge on any atom is -0.496 e. The molecule has 6 heteroatoms. The Morgan fingerprint density at radius 2 is 1.92 bits per heavy atom. The van der Waals surface area contributed by atoms with Gasteiger partial charge in [0.2, 0.25) is 5.90 Å². The zero-order valence-corrected chi connectivity index (χ0v) is 14.7. The number of nitrogens with zero attached hydrogens (tertiary/aromatic N) is 1. The summed E-state index contributed by atoms with van der Waals surface area (Å²) in [5.74, 6) is 0.387. The summed E-state index contributed by atoms with van der Waals surface area (Å²) < 4.78 is 11.7. The maximum atomic E-state index is 12.2. The van der Waals surface area contributed by atoms with E-state index in [1.807, 2.05) is 48.5 Å². The van der Waals surface area contributed by atoms with E-state index in [2.05, 4.69) is 4.99 Å². The van der Waals surface area contributed by atoms with Gasteiger partial charge < -0.3 is 9.47 Å². The van der Waals surface area contributed by atoms with Crippen molar-refractivity contribution in [3.8, 4) is 5.75 Å². The van der Waals surface area contributed by atoms with Crippen molar-refractivity contribution >= 4 is 51.0 Å². The lowest BCUT2D eigenvalue weighted by molar-refractivity contribution is -0.129. The third kappa shape index (κ3) is 2.81. The van der Waals surface area contributed by atoms with E-state index in [1.54, 1.807) is 13.2 Å². The molecule has 0 amide bonds. The van der Waals surface area contributed by atoms with Crippen LogP contribution in [0.2, 0.25) is 5.02 Å². The number of para-hydroxylation sites is 1. The number of thiophene rings is 1. The number of halogens is 1. The Bertz CT molecular complexity index is 1050. The molecule has 25 heavy (non-hydrogen) atoms. The zero-order chi connectivity index (χ0) is 17.4. The van der Waals surface area contributed by atoms with Crippen LogP contribution >= 0.6 is 22.9 Å². The van der Waals surface area contributed by atoms with Crippen molar-refractivity contribution in [2.45, 2.75) is 0 Å². The molecule has 1 aromatic heterocycles. The summed E-state index contributed by atoms with van der Waals surface area (Å²) in [6.07, 6.45) is 1.65. The van der Waals surface area contributed by atoms with E-state index in [0.29, 0.717) is 15.6 Å². The number of hydrogen-bond acceptors (Lipinski definition) is 5. The number of fused-ring (bicyclic) bond motifs is 1. The van der Waals surface area contributed by atoms with E-state index in [0.717, 1.165) is 15.6 Å². The molecular weight excluding hydrogens is 358 g/mol. The molecule has 0 atom stereocenters. The van der Waals surface area contributed by atoms with E-state index in [1.165, 1.54) is 11.3 Å². The minimum atomic E-state index is -0.505. The van der Waals surface area contributed by atoms with Crippen molar-refractivity contribution in [1.29, 1.82) is 0 Å². The number of cyclic esters (lactones) is 1. The third-order valence-electron chi connectivity index (χ3n) is 3.78. The highest BCUT2D eigenvalue weighted by molar-refractivity contribution is 7.21. The number of aliphatic imine (C=N–C) groups is 1. The minimum absolute atomic E-state index is 0.216. The molecule has 124 valence electrons. The highest BCUT2D eigenvalue weighted by Crippen LogP contribution is 2.37. The van der Waals surface area contributed by atoms with Crippen molar-refractivity contribution in [1.82, 2.24) is 0 Å². The zero-order valence-electron chi connectivity index (χ0n) is 13.2. The lowest BCUT2D eigenvalue weighted by Gasteiger charge is -2.03. The van der Waals surface area contributed by atoms with Crippen molar-refractivity contribution < 1.29 is 14.3 Å². The fourth-order valence-electron chi connectivity index (χ4n) is 2.59. The SMILES string of the molecule is COc1ccccc1C=C1N=C(c2sc3ccccc3c2Cl)OC1=O. The molecule has 0 bridgehead atoms. The van der Waals surface area contributed by atoms with Crippen LogP contribution in [0.25, 0.3) is 16.2 Å². The molecule has 4 rings (SSSR count). The number of benzene rings is 2. The van der Waals surface area contributed by atoms with Gasteiger partial charge in [-0.05, 0) is 18.2 Å². The monoisotopic (exact) mass is 369 g/mol. The van der Waals surface area contributed by atoms with Crippen molar-refractivity contribution in [2.24, 2.45) is 4.99 Å². The molecule has 0 fully saturated rings. The maximum Gasteiger partial charge on any atom is 0.363 e. The number of hydrogen-bond donors (Lipinski definition) is 0. The maximum absolute atomic E-state index is 12.2. The predicted octanol–water partition coefficient (Wildman–Crippen LogP) is 4.91. The number of carbonyl (C=O) groups is 1. The molecule has 2 heterocycles. The standard InChI is InChI=1S/C19H12ClNO3S/c1-23-14-8-4-2-6-11(14)10-13-19(22)24-18(21-13)17-16(20)12-7-3-5-9-15(12)25-17/h2-10H,1H3. The van der Waals surface area contributed by atoms with Crippen LogP contribution in [0.5, 0.6) is 5.75 Å². The van der Waals surface area contributed by atoms with Gasteiger partial charge in [-0.2, -0.15) is 0 Å². The van der Waals surface area contributed by atoms with E-state index in [-0.39, 0.29) is 11.6 Å². The van der Waals surface area contributed by atoms with Crippen molar-refractivity contribution in [3.05, 3.63) is 69.7 Å². The Labute approximate surface area is 153 Å². The molecule has 0 spiro atoms. The molecule has 0 N–H and O–H groups in total. The van der Waals surface area contributed by atoms with E-state index >= 15 is 0 Å². The first-order chi connectivity index (χ1) is 12.2. The van der Waals surface area contributed by atoms with Gasteiger partial charge in [-0.1, -0.05) is 48.0 Å². The normalized spacial score (nSPS) is 15.5. The Hall–Kier alpha value is -2.63. The quantitative estimate of drug-likeness (QED) is 0.487. The van der Waals surface area contributed by atoms with Gasteiger partial charge in [-0.15, -0.1) is 11.3 Å². The highest BCUT2D eigenvalue weighted by Gasteiger charge is 2.28. The van der Waals surface area contributed by atoms with Crippen molar-refractivity contribution in [2.75, 3.05) is 7.11 Å². The van der Waals surface area contributed by atoms with Crippen LogP contribution in [0.4, 0.5) is 0 Å². The average Bonchev–Trinajstić information content (AvgIpc) is 3.16. The van der Waals surface area contributed by atoms with Gasteiger partial charge in [0, 0.05) is 15.6 Å². The van der Waals surface area contributed by atoms with Gasteiger partial charge in [0.15, 0.2) is 5.70 Å². The molecular formula is C19H12ClNO3S. The van der Waals surface area contributed by atoms with Gasteiger partial charge in [0.25, 0.3) is 0 Å². The first-order valence-corrected chi connectivity index (χ1v) is 8.70. The van der Waals surface area contributed by atoms with E-state index < -0.39 is 5.97 Å². The summed E-state index contributed by atoms with van der Waals surface area (Å²) in [4.78, 5) is 17.2. The van der Waals surface area contributed by atoms with Crippen LogP contribution in [0.3, 0.4) is 0 Å². The van der Waals surface area contributed by atoms with Crippen LogP contribution < -0.4 is 4.74 Å². The lowest BCUT2D eigenvalue weighted by atomic mass is 10.1. The summed E-state index contributed by atoms with van der Waals surface area (Å²) in [5, 5.41) is 1.47. The molecule has 3 aromatic rings. The first-order valence-electron chi connectivity index (χ1n) is 7.50. The molecule has 0 saturated carbocycles. The molecule has 4 nitrogen and oxygen atoms in total. The molecule has 0 aliphatic carbocycles. The van der Waals surface area contributed by atoms with E-state index in [4.69, 9.17) is 21.1 Å². The van der Waals surface area contributed by atoms with Crippen LogP contribution in [0, 0.1) is 0 Å². The van der Waals surface area contributed by atoms with Crippen LogP contribution in [-0.4, -0.2) is 19.0 Å². The number of ether oxygens (including phenoxy) is 2. The summed E-state index contributed by atoms with van der Waals surface area (Å²) in [7, 11) is 1.58. The summed E-state index contributed by atoms with van der Waals surface area (Å²) in [6, 6.07) is 15.1. The predicted molar refractivity (Wildman–Crippen MR) is 100 cm³/mol. The van der Waals surface area contributed by atoms with E-state index in [9.17, 15) is 4.79 Å². The summed E-state index contributed by atoms with van der Waals surface area (Å²) in [5.41, 5.74) is 0.970. The Morgan fingerprint density at radius 1 is 1.16 bits per heavy atom. The molecule has 0 unspecified atom stereocenters. The van der Waals surface area contributed by atoms with Crippen LogP contribution in [0.15, 0.2) is 59.2 Å². The molecule has 1 aliphatic heterocycles. The third-order valence-corrected chi connectivity index (χ3v) is 5.44. The molecule has 2 aromatic carbocycles. The van der Waals surface area contributed by atoms with Gasteiger partial charge in [0.05, 0.1) is 12.1 Å². The Morgan fingerprint density at radius 3 is 2.72 bits per heavy atom. The van der Waals surface area contributed by atoms with Crippen molar-refractivity contribution in [3.63, 3.8) is 0 Å². The fraction of sp³-hybridized carbons (Fsp3) is 0.0526. The smallest absolute Gasteiger partial charge is 0.363 e. The largest absolute Gasteiger partial charge is 0.496 e. The second kappa shape index (κ2) is 6.35. The highest BCUT2D eigenvalue weighted by atomic mass is 35.5. The van der Waals surface area contributed by atoms with Crippen LogP contribution in [0.1, 0.15) is 10.4 Å². The number of rotatable bonds is 3. The summed E-state index contributed by atoms with van der Waals surface area (Å²) >= 11 is 7.89. The topological polar surface area (TPSA) is 47.9 Å². The van der Waals surface area contributed by atoms with Gasteiger partial charge >= 0.3 is 5.97 Å².